The maximum Gasteiger partial charge on any atom is 0.340 e. The van der Waals surface area contributed by atoms with Crippen LogP contribution in [0.2, 0.25) is 0 Å². The van der Waals surface area contributed by atoms with E-state index in [9.17, 15) is 14.0 Å². The van der Waals surface area contributed by atoms with Crippen LogP contribution in [0.25, 0.3) is 0 Å². The molecule has 0 fully saturated rings. The summed E-state index contributed by atoms with van der Waals surface area (Å²) in [5.74, 6) is -1.10. The van der Waals surface area contributed by atoms with Gasteiger partial charge < -0.3 is 14.8 Å². The zero-order valence-electron chi connectivity index (χ0n) is 13.0. The number of nitrogens with one attached hydrogen (secondary N) is 1. The first-order valence-electron chi connectivity index (χ1n) is 7.01. The molecule has 2 rings (SSSR count). The molecule has 0 aliphatic carbocycles. The summed E-state index contributed by atoms with van der Waals surface area (Å²) in [5, 5.41) is 2.54. The van der Waals surface area contributed by atoms with Crippen LogP contribution in [-0.4, -0.2) is 25.1 Å². The van der Waals surface area contributed by atoms with E-state index in [2.05, 4.69) is 21.2 Å². The van der Waals surface area contributed by atoms with Gasteiger partial charge in [-0.2, -0.15) is 0 Å². The third-order valence-corrected chi connectivity index (χ3v) is 3.85. The Bertz CT molecular complexity index is 749. The number of benzene rings is 2. The van der Waals surface area contributed by atoms with Crippen molar-refractivity contribution in [3.8, 4) is 5.75 Å². The van der Waals surface area contributed by atoms with Crippen LogP contribution in [0.3, 0.4) is 0 Å². The highest BCUT2D eigenvalue weighted by Gasteiger charge is 2.21. The minimum absolute atomic E-state index is 0.246. The third kappa shape index (κ3) is 4.55. The average molecular weight is 396 g/mol. The van der Waals surface area contributed by atoms with Crippen molar-refractivity contribution in [2.75, 3.05) is 12.4 Å². The fourth-order valence-corrected chi connectivity index (χ4v) is 2.25. The summed E-state index contributed by atoms with van der Waals surface area (Å²) in [6.07, 6.45) is -1.03. The summed E-state index contributed by atoms with van der Waals surface area (Å²) in [7, 11) is 1.48. The molecule has 2 aromatic carbocycles. The van der Waals surface area contributed by atoms with E-state index < -0.39 is 23.8 Å². The predicted octanol–water partition coefficient (Wildman–Crippen LogP) is 3.78. The molecule has 0 spiro atoms. The highest BCUT2D eigenvalue weighted by molar-refractivity contribution is 9.10. The number of carbonyl (C=O) groups is 2. The molecule has 1 N–H and O–H groups in total. The van der Waals surface area contributed by atoms with Crippen LogP contribution in [0.5, 0.6) is 5.75 Å². The van der Waals surface area contributed by atoms with E-state index in [1.165, 1.54) is 44.4 Å². The molecule has 7 heteroatoms. The summed E-state index contributed by atoms with van der Waals surface area (Å²) < 4.78 is 23.6. The van der Waals surface area contributed by atoms with E-state index in [-0.39, 0.29) is 5.56 Å². The van der Waals surface area contributed by atoms with Crippen molar-refractivity contribution in [3.63, 3.8) is 0 Å². The van der Waals surface area contributed by atoms with Crippen molar-refractivity contribution in [1.29, 1.82) is 0 Å². The Balaban J connectivity index is 2.02. The van der Waals surface area contributed by atoms with Gasteiger partial charge in [-0.3, -0.25) is 4.79 Å². The van der Waals surface area contributed by atoms with E-state index in [0.29, 0.717) is 15.9 Å². The average Bonchev–Trinajstić information content (AvgIpc) is 2.57. The Morgan fingerprint density at radius 1 is 1.17 bits per heavy atom. The van der Waals surface area contributed by atoms with Crippen molar-refractivity contribution >= 4 is 33.5 Å². The SMILES string of the molecule is COc1ccc(Br)c(C(=O)O[C@H](C)C(=O)Nc2ccc(F)cc2)c1. The molecule has 24 heavy (non-hydrogen) atoms. The summed E-state index contributed by atoms with van der Waals surface area (Å²) in [4.78, 5) is 24.3. The van der Waals surface area contributed by atoms with Crippen LogP contribution in [0.4, 0.5) is 10.1 Å². The van der Waals surface area contributed by atoms with Gasteiger partial charge >= 0.3 is 5.97 Å². The maximum absolute atomic E-state index is 12.8. The monoisotopic (exact) mass is 395 g/mol. The smallest absolute Gasteiger partial charge is 0.340 e. The second-order valence-corrected chi connectivity index (χ2v) is 5.74. The van der Waals surface area contributed by atoms with E-state index in [4.69, 9.17) is 9.47 Å². The van der Waals surface area contributed by atoms with Gasteiger partial charge in [-0.25, -0.2) is 9.18 Å². The predicted molar refractivity (Wildman–Crippen MR) is 90.6 cm³/mol. The third-order valence-electron chi connectivity index (χ3n) is 3.16. The second-order valence-electron chi connectivity index (χ2n) is 4.89. The lowest BCUT2D eigenvalue weighted by atomic mass is 10.2. The molecular formula is C17H15BrFNO4. The first-order chi connectivity index (χ1) is 11.4. The normalized spacial score (nSPS) is 11.5. The van der Waals surface area contributed by atoms with Crippen LogP contribution >= 0.6 is 15.9 Å². The number of hydrogen-bond donors (Lipinski definition) is 1. The number of anilines is 1. The topological polar surface area (TPSA) is 64.6 Å². The second kappa shape index (κ2) is 7.92. The van der Waals surface area contributed by atoms with E-state index >= 15 is 0 Å². The standard InChI is InChI=1S/C17H15BrFNO4/c1-10(16(21)20-12-5-3-11(19)4-6-12)24-17(22)14-9-13(23-2)7-8-15(14)18/h3-10H,1-2H3,(H,20,21)/t10-/m1/s1. The summed E-state index contributed by atoms with van der Waals surface area (Å²) >= 11 is 3.26. The highest BCUT2D eigenvalue weighted by Crippen LogP contribution is 2.23. The van der Waals surface area contributed by atoms with Crippen LogP contribution in [0.15, 0.2) is 46.9 Å². The molecule has 0 bridgehead atoms. The Morgan fingerprint density at radius 3 is 2.46 bits per heavy atom. The molecule has 2 aromatic rings. The molecule has 0 aromatic heterocycles. The van der Waals surface area contributed by atoms with Crippen LogP contribution in [0, 0.1) is 5.82 Å². The van der Waals surface area contributed by atoms with Crippen molar-refractivity contribution in [1.82, 2.24) is 0 Å². The number of ether oxygens (including phenoxy) is 2. The fourth-order valence-electron chi connectivity index (χ4n) is 1.84. The summed E-state index contributed by atoms with van der Waals surface area (Å²) in [5.41, 5.74) is 0.655. The first-order valence-corrected chi connectivity index (χ1v) is 7.81. The molecule has 0 saturated carbocycles. The Labute approximate surface area is 146 Å². The lowest BCUT2D eigenvalue weighted by Crippen LogP contribution is -2.30. The van der Waals surface area contributed by atoms with Gasteiger partial charge in [0, 0.05) is 10.2 Å². The quantitative estimate of drug-likeness (QED) is 0.782. The molecule has 0 saturated heterocycles. The molecule has 0 radical (unpaired) electrons. The van der Waals surface area contributed by atoms with Gasteiger partial charge in [0.25, 0.3) is 5.91 Å². The summed E-state index contributed by atoms with van der Waals surface area (Å²) in [6, 6.07) is 10.1. The number of carbonyl (C=O) groups excluding carboxylic acids is 2. The molecule has 0 aliphatic rings. The molecule has 126 valence electrons. The number of esters is 1. The van der Waals surface area contributed by atoms with Gasteiger partial charge in [0.2, 0.25) is 0 Å². The largest absolute Gasteiger partial charge is 0.497 e. The minimum atomic E-state index is -1.03. The van der Waals surface area contributed by atoms with Crippen LogP contribution < -0.4 is 10.1 Å². The number of hydrogen-bond acceptors (Lipinski definition) is 4. The lowest BCUT2D eigenvalue weighted by molar-refractivity contribution is -0.123. The molecule has 5 nitrogen and oxygen atoms in total. The Morgan fingerprint density at radius 2 is 1.83 bits per heavy atom. The Kier molecular flexibility index (Phi) is 5.92. The van der Waals surface area contributed by atoms with Gasteiger partial charge in [-0.15, -0.1) is 0 Å². The number of amides is 1. The molecule has 0 heterocycles. The zero-order valence-corrected chi connectivity index (χ0v) is 14.6. The van der Waals surface area contributed by atoms with Crippen LogP contribution in [-0.2, 0) is 9.53 Å². The van der Waals surface area contributed by atoms with Crippen molar-refractivity contribution in [2.24, 2.45) is 0 Å². The molecule has 0 unspecified atom stereocenters. The first kappa shape index (κ1) is 17.9. The fraction of sp³-hybridized carbons (Fsp3) is 0.176. The van der Waals surface area contributed by atoms with E-state index in [0.717, 1.165) is 0 Å². The molecular weight excluding hydrogens is 381 g/mol. The van der Waals surface area contributed by atoms with Gasteiger partial charge in [-0.1, -0.05) is 0 Å². The lowest BCUT2D eigenvalue weighted by Gasteiger charge is -2.14. The van der Waals surface area contributed by atoms with Crippen molar-refractivity contribution in [3.05, 3.63) is 58.3 Å². The van der Waals surface area contributed by atoms with Crippen LogP contribution in [0.1, 0.15) is 17.3 Å². The van der Waals surface area contributed by atoms with Crippen molar-refractivity contribution in [2.45, 2.75) is 13.0 Å². The number of halogens is 2. The Hall–Kier alpha value is -2.41. The van der Waals surface area contributed by atoms with E-state index in [1.807, 2.05) is 0 Å². The summed E-state index contributed by atoms with van der Waals surface area (Å²) in [6.45, 7) is 1.45. The molecule has 1 amide bonds. The van der Waals surface area contributed by atoms with E-state index in [1.54, 1.807) is 12.1 Å². The number of rotatable bonds is 5. The van der Waals surface area contributed by atoms with Gasteiger partial charge in [-0.05, 0) is 65.3 Å². The van der Waals surface area contributed by atoms with Gasteiger partial charge in [0.1, 0.15) is 11.6 Å². The molecule has 1 atom stereocenters. The zero-order chi connectivity index (χ0) is 17.7. The van der Waals surface area contributed by atoms with Gasteiger partial charge in [0.05, 0.1) is 12.7 Å². The van der Waals surface area contributed by atoms with Crippen molar-refractivity contribution < 1.29 is 23.5 Å². The number of methoxy groups -OCH3 is 1. The molecule has 0 aliphatic heterocycles. The maximum atomic E-state index is 12.8. The van der Waals surface area contributed by atoms with Gasteiger partial charge in [0.15, 0.2) is 6.10 Å². The highest BCUT2D eigenvalue weighted by atomic mass is 79.9. The minimum Gasteiger partial charge on any atom is -0.497 e.